The highest BCUT2D eigenvalue weighted by atomic mass is 79.9. The average Bonchev–Trinajstić information content (AvgIpc) is 2.76. The molecule has 0 radical (unpaired) electrons. The van der Waals surface area contributed by atoms with Crippen LogP contribution >= 0.6 is 27.5 Å². The summed E-state index contributed by atoms with van der Waals surface area (Å²) in [4.78, 5) is 16.1. The highest BCUT2D eigenvalue weighted by Gasteiger charge is 2.25. The zero-order valence-electron chi connectivity index (χ0n) is 11.2. The zero-order chi connectivity index (χ0) is 15.0. The van der Waals surface area contributed by atoms with Crippen LogP contribution in [0.2, 0.25) is 0 Å². The molecule has 7 heteroatoms. The van der Waals surface area contributed by atoms with Crippen molar-refractivity contribution in [3.63, 3.8) is 0 Å². The van der Waals surface area contributed by atoms with Crippen molar-refractivity contribution in [2.24, 2.45) is 0 Å². The number of hydrogen-bond donors (Lipinski definition) is 0. The smallest absolute Gasteiger partial charge is 0.328 e. The van der Waals surface area contributed by atoms with Crippen LogP contribution in [0.1, 0.15) is 31.1 Å². The Balaban J connectivity index is 2.74. The Labute approximate surface area is 129 Å². The van der Waals surface area contributed by atoms with Gasteiger partial charge in [0.1, 0.15) is 17.7 Å². The normalized spacial score (nSPS) is 14.3. The van der Waals surface area contributed by atoms with E-state index in [0.717, 1.165) is 0 Å². The van der Waals surface area contributed by atoms with Gasteiger partial charge in [-0.1, -0.05) is 0 Å². The average molecular weight is 364 g/mol. The van der Waals surface area contributed by atoms with Gasteiger partial charge in [0.05, 0.1) is 28.0 Å². The van der Waals surface area contributed by atoms with Gasteiger partial charge >= 0.3 is 5.97 Å². The highest BCUT2D eigenvalue weighted by molar-refractivity contribution is 9.10. The fourth-order valence-corrected chi connectivity index (χ4v) is 2.56. The van der Waals surface area contributed by atoms with Gasteiger partial charge < -0.3 is 9.30 Å². The number of methoxy groups -OCH3 is 1. The van der Waals surface area contributed by atoms with Crippen molar-refractivity contribution < 1.29 is 13.9 Å². The summed E-state index contributed by atoms with van der Waals surface area (Å²) in [5, 5.41) is -0.420. The topological polar surface area (TPSA) is 44.1 Å². The SMILES string of the molecule is COC(=O)C(C)n1c(C(C)Cl)nc2cc(Br)c(F)cc21. The van der Waals surface area contributed by atoms with E-state index in [1.54, 1.807) is 24.5 Å². The van der Waals surface area contributed by atoms with E-state index in [1.165, 1.54) is 13.2 Å². The first-order valence-corrected chi connectivity index (χ1v) is 7.18. The Morgan fingerprint density at radius 1 is 1.50 bits per heavy atom. The molecule has 0 aliphatic heterocycles. The van der Waals surface area contributed by atoms with Gasteiger partial charge in [-0.25, -0.2) is 14.2 Å². The number of esters is 1. The third-order valence-corrected chi connectivity index (χ3v) is 3.85. The number of hydrogen-bond acceptors (Lipinski definition) is 3. The van der Waals surface area contributed by atoms with Crippen LogP contribution in [0.25, 0.3) is 11.0 Å². The van der Waals surface area contributed by atoms with Crippen LogP contribution in [0.15, 0.2) is 16.6 Å². The van der Waals surface area contributed by atoms with E-state index < -0.39 is 23.2 Å². The maximum absolute atomic E-state index is 13.7. The second-order valence-corrected chi connectivity index (χ2v) is 5.92. The summed E-state index contributed by atoms with van der Waals surface area (Å²) in [7, 11) is 1.30. The molecule has 0 aliphatic carbocycles. The summed E-state index contributed by atoms with van der Waals surface area (Å²) < 4.78 is 20.4. The summed E-state index contributed by atoms with van der Waals surface area (Å²) in [6.45, 7) is 3.41. The van der Waals surface area contributed by atoms with Crippen molar-refractivity contribution in [3.8, 4) is 0 Å². The molecule has 2 aromatic rings. The lowest BCUT2D eigenvalue weighted by Crippen LogP contribution is -2.20. The number of fused-ring (bicyclic) bond motifs is 1. The van der Waals surface area contributed by atoms with Gasteiger partial charge in [-0.3, -0.25) is 0 Å². The number of alkyl halides is 1. The zero-order valence-corrected chi connectivity index (χ0v) is 13.5. The van der Waals surface area contributed by atoms with Crippen LogP contribution in [0.5, 0.6) is 0 Å². The molecule has 2 atom stereocenters. The third kappa shape index (κ3) is 2.54. The molecule has 2 unspecified atom stereocenters. The minimum atomic E-state index is -0.637. The molecule has 0 saturated carbocycles. The number of halogens is 3. The molecule has 1 aromatic heterocycles. The monoisotopic (exact) mass is 362 g/mol. The second-order valence-electron chi connectivity index (χ2n) is 4.41. The molecule has 0 N–H and O–H groups in total. The van der Waals surface area contributed by atoms with Crippen LogP contribution in [-0.4, -0.2) is 22.6 Å². The first-order chi connectivity index (χ1) is 9.36. The third-order valence-electron chi connectivity index (χ3n) is 3.04. The Hall–Kier alpha value is -1.14. The van der Waals surface area contributed by atoms with Crippen LogP contribution in [0, 0.1) is 5.82 Å². The van der Waals surface area contributed by atoms with Crippen molar-refractivity contribution in [1.82, 2.24) is 9.55 Å². The molecule has 2 rings (SSSR count). The van der Waals surface area contributed by atoms with Gasteiger partial charge in [-0.05, 0) is 35.8 Å². The quantitative estimate of drug-likeness (QED) is 0.612. The summed E-state index contributed by atoms with van der Waals surface area (Å²) >= 11 is 9.23. The van der Waals surface area contributed by atoms with Gasteiger partial charge in [-0.15, -0.1) is 11.6 Å². The first-order valence-electron chi connectivity index (χ1n) is 5.95. The molecule has 108 valence electrons. The molecule has 4 nitrogen and oxygen atoms in total. The number of ether oxygens (including phenoxy) is 1. The highest BCUT2D eigenvalue weighted by Crippen LogP contribution is 2.31. The molecule has 0 amide bonds. The van der Waals surface area contributed by atoms with E-state index in [1.807, 2.05) is 0 Å². The Kier molecular flexibility index (Phi) is 4.34. The number of rotatable bonds is 3. The maximum Gasteiger partial charge on any atom is 0.328 e. The fourth-order valence-electron chi connectivity index (χ4n) is 2.07. The molecular weight excluding hydrogens is 351 g/mol. The van der Waals surface area contributed by atoms with Crippen molar-refractivity contribution >= 4 is 44.5 Å². The van der Waals surface area contributed by atoms with E-state index in [4.69, 9.17) is 16.3 Å². The number of carbonyl (C=O) groups is 1. The molecule has 1 heterocycles. The van der Waals surface area contributed by atoms with Gasteiger partial charge in [0.15, 0.2) is 0 Å². The van der Waals surface area contributed by atoms with Gasteiger partial charge in [0.2, 0.25) is 0 Å². The number of benzene rings is 1. The summed E-state index contributed by atoms with van der Waals surface area (Å²) in [6.07, 6.45) is 0. The van der Waals surface area contributed by atoms with E-state index in [9.17, 15) is 9.18 Å². The molecule has 0 bridgehead atoms. The fraction of sp³-hybridized carbons (Fsp3) is 0.385. The van der Waals surface area contributed by atoms with E-state index in [0.29, 0.717) is 21.3 Å². The lowest BCUT2D eigenvalue weighted by Gasteiger charge is -2.16. The lowest BCUT2D eigenvalue weighted by atomic mass is 10.2. The number of aromatic nitrogens is 2. The minimum absolute atomic E-state index is 0.314. The molecule has 0 saturated heterocycles. The van der Waals surface area contributed by atoms with E-state index in [2.05, 4.69) is 20.9 Å². The standard InChI is InChI=1S/C13H13BrClFN2O2/c1-6(15)12-17-10-4-8(14)9(16)5-11(10)18(12)7(2)13(19)20-3/h4-7H,1-3H3. The van der Waals surface area contributed by atoms with Crippen molar-refractivity contribution in [3.05, 3.63) is 28.2 Å². The summed E-state index contributed by atoms with van der Waals surface area (Å²) in [6, 6.07) is 2.25. The van der Waals surface area contributed by atoms with Crippen LogP contribution in [0.3, 0.4) is 0 Å². The van der Waals surface area contributed by atoms with Gasteiger partial charge in [0.25, 0.3) is 0 Å². The number of carbonyl (C=O) groups excluding carboxylic acids is 1. The molecule has 0 fully saturated rings. The van der Waals surface area contributed by atoms with Crippen molar-refractivity contribution in [1.29, 1.82) is 0 Å². The van der Waals surface area contributed by atoms with E-state index in [-0.39, 0.29) is 0 Å². The summed E-state index contributed by atoms with van der Waals surface area (Å²) in [5.74, 6) is -0.368. The van der Waals surface area contributed by atoms with Crippen LogP contribution in [-0.2, 0) is 9.53 Å². The van der Waals surface area contributed by atoms with Gasteiger partial charge in [-0.2, -0.15) is 0 Å². The predicted molar refractivity (Wildman–Crippen MR) is 78.4 cm³/mol. The van der Waals surface area contributed by atoms with Gasteiger partial charge in [0, 0.05) is 6.07 Å². The second kappa shape index (κ2) is 5.69. The largest absolute Gasteiger partial charge is 0.467 e. The number of imidazole rings is 1. The lowest BCUT2D eigenvalue weighted by molar-refractivity contribution is -0.143. The van der Waals surface area contributed by atoms with Crippen LogP contribution in [0.4, 0.5) is 4.39 Å². The first kappa shape index (κ1) is 15.3. The molecule has 1 aromatic carbocycles. The number of nitrogens with zero attached hydrogens (tertiary/aromatic N) is 2. The Morgan fingerprint density at radius 3 is 2.70 bits per heavy atom. The Morgan fingerprint density at radius 2 is 2.15 bits per heavy atom. The van der Waals surface area contributed by atoms with Crippen molar-refractivity contribution in [2.45, 2.75) is 25.3 Å². The summed E-state index contributed by atoms with van der Waals surface area (Å²) in [5.41, 5.74) is 1.07. The minimum Gasteiger partial charge on any atom is -0.467 e. The predicted octanol–water partition coefficient (Wildman–Crippen LogP) is 3.97. The Bertz CT molecular complexity index is 672. The van der Waals surface area contributed by atoms with Crippen LogP contribution < -0.4 is 0 Å². The molecular formula is C13H13BrClFN2O2. The van der Waals surface area contributed by atoms with E-state index >= 15 is 0 Å². The maximum atomic E-state index is 13.7. The molecule has 0 aliphatic rings. The van der Waals surface area contributed by atoms with Crippen molar-refractivity contribution in [2.75, 3.05) is 7.11 Å². The molecule has 0 spiro atoms. The molecule has 20 heavy (non-hydrogen) atoms.